The van der Waals surface area contributed by atoms with E-state index in [1.165, 1.54) is 0 Å². The van der Waals surface area contributed by atoms with Gasteiger partial charge in [0.1, 0.15) is 9.98 Å². The van der Waals surface area contributed by atoms with Gasteiger partial charge >= 0.3 is 0 Å². The van der Waals surface area contributed by atoms with E-state index < -0.39 is 0 Å². The van der Waals surface area contributed by atoms with Gasteiger partial charge in [0.05, 0.1) is 11.4 Å². The summed E-state index contributed by atoms with van der Waals surface area (Å²) in [6, 6.07) is 20.6. The summed E-state index contributed by atoms with van der Waals surface area (Å²) in [4.78, 5) is 5.82. The molecule has 0 aliphatic carbocycles. The molecule has 2 aromatic rings. The van der Waals surface area contributed by atoms with Gasteiger partial charge in [-0.2, -0.15) is 0 Å². The molecule has 0 aromatic heterocycles. The molecule has 0 N–H and O–H groups in total. The molecule has 2 aliphatic rings. The number of hydrogen-bond donors (Lipinski definition) is 0. The minimum Gasteiger partial charge on any atom is -0.334 e. The Hall–Kier alpha value is -2.30. The third kappa shape index (κ3) is 3.67. The van der Waals surface area contributed by atoms with Crippen LogP contribution < -0.4 is 0 Å². The maximum Gasteiger partial charge on any atom is 0.116 e. The van der Waals surface area contributed by atoms with Gasteiger partial charge in [-0.05, 0) is 11.1 Å². The zero-order valence-electron chi connectivity index (χ0n) is 17.5. The lowest BCUT2D eigenvalue weighted by Gasteiger charge is -2.22. The Bertz CT molecular complexity index is 835. The Morgan fingerprint density at radius 1 is 0.536 bits per heavy atom. The second-order valence-corrected chi connectivity index (χ2v) is 6.68. The van der Waals surface area contributed by atoms with Crippen LogP contribution in [-0.2, 0) is 0 Å². The van der Waals surface area contributed by atoms with Crippen LogP contribution in [0.4, 0.5) is 0 Å². The molecule has 2 aliphatic heterocycles. The first kappa shape index (κ1) is 22.0. The van der Waals surface area contributed by atoms with Crippen molar-refractivity contribution >= 4 is 45.8 Å². The van der Waals surface area contributed by atoms with E-state index in [0.717, 1.165) is 43.6 Å². The van der Waals surface area contributed by atoms with Gasteiger partial charge in [-0.15, -0.1) is 0 Å². The second kappa shape index (κ2) is 9.76. The van der Waals surface area contributed by atoms with Crippen molar-refractivity contribution in [2.75, 3.05) is 14.1 Å². The van der Waals surface area contributed by atoms with E-state index in [0.29, 0.717) is 0 Å². The summed E-state index contributed by atoms with van der Waals surface area (Å²) >= 11 is 11.6. The molecule has 0 radical (unpaired) electrons. The Kier molecular flexibility index (Phi) is 7.67. The molecule has 2 nitrogen and oxygen atoms in total. The molecule has 0 bridgehead atoms. The van der Waals surface area contributed by atoms with Crippen molar-refractivity contribution < 1.29 is 0 Å². The lowest BCUT2D eigenvalue weighted by Crippen LogP contribution is -2.23. The van der Waals surface area contributed by atoms with Gasteiger partial charge in [-0.3, -0.25) is 0 Å². The predicted octanol–water partition coefficient (Wildman–Crippen LogP) is 6.41. The molecular weight excluding hydrogens is 380 g/mol. The van der Waals surface area contributed by atoms with E-state index in [1.54, 1.807) is 0 Å². The fraction of sp³-hybridized carbons (Fsp3) is 0.250. The van der Waals surface area contributed by atoms with Crippen LogP contribution in [0, 0.1) is 0 Å². The van der Waals surface area contributed by atoms with Gasteiger partial charge in [-0.1, -0.05) is 113 Å². The van der Waals surface area contributed by atoms with Crippen LogP contribution in [0.5, 0.6) is 0 Å². The van der Waals surface area contributed by atoms with Crippen LogP contribution in [0.2, 0.25) is 0 Å². The molecule has 0 unspecified atom stereocenters. The first-order valence-electron chi connectivity index (χ1n) is 9.77. The quantitative estimate of drug-likeness (QED) is 0.530. The van der Waals surface area contributed by atoms with Gasteiger partial charge in [0.25, 0.3) is 0 Å². The summed E-state index contributed by atoms with van der Waals surface area (Å²) in [5, 5.41) is 0. The highest BCUT2D eigenvalue weighted by Crippen LogP contribution is 2.46. The minimum absolute atomic E-state index is 0.828. The van der Waals surface area contributed by atoms with Crippen molar-refractivity contribution in [3.63, 3.8) is 0 Å². The molecule has 146 valence electrons. The molecule has 2 aromatic carbocycles. The Balaban J connectivity index is 0.000000660. The molecule has 0 amide bonds. The molecule has 0 saturated heterocycles. The zero-order chi connectivity index (χ0) is 20.8. The molecule has 4 rings (SSSR count). The third-order valence-electron chi connectivity index (χ3n) is 4.53. The van der Waals surface area contributed by atoms with E-state index >= 15 is 0 Å². The number of thiocarbonyl (C=S) groups is 2. The van der Waals surface area contributed by atoms with Crippen molar-refractivity contribution in [1.29, 1.82) is 0 Å². The van der Waals surface area contributed by atoms with Crippen molar-refractivity contribution in [2.45, 2.75) is 27.7 Å². The molecule has 4 heteroatoms. The normalized spacial score (nSPS) is 15.2. The summed E-state index contributed by atoms with van der Waals surface area (Å²) in [6.07, 6.45) is 0. The number of nitrogens with zero attached hydrogens (tertiary/aromatic N) is 2. The lowest BCUT2D eigenvalue weighted by atomic mass is 10.0. The number of fused-ring (bicyclic) bond motifs is 1. The zero-order valence-corrected chi connectivity index (χ0v) is 19.1. The highest BCUT2D eigenvalue weighted by Gasteiger charge is 2.42. The lowest BCUT2D eigenvalue weighted by molar-refractivity contribution is 0.726. The standard InChI is InChI=1S/C20H16N2S2.2C2H6/c1-21-17(13-9-5-3-6-10-13)15-16(19(21)23)18(22(2)20(15)24)14-11-7-4-8-12-14;2*1-2/h3-12H,1-2H3;2*1-2H3. The maximum atomic E-state index is 5.78. The Morgan fingerprint density at radius 3 is 1.11 bits per heavy atom. The summed E-state index contributed by atoms with van der Waals surface area (Å²) in [5.74, 6) is 0. The van der Waals surface area contributed by atoms with E-state index in [4.69, 9.17) is 24.4 Å². The average molecular weight is 409 g/mol. The number of benzene rings is 2. The summed E-state index contributed by atoms with van der Waals surface area (Å²) in [7, 11) is 4.04. The average Bonchev–Trinajstić information content (AvgIpc) is 3.17. The van der Waals surface area contributed by atoms with Gasteiger partial charge in [-0.25, -0.2) is 0 Å². The van der Waals surface area contributed by atoms with Crippen LogP contribution in [0.3, 0.4) is 0 Å². The highest BCUT2D eigenvalue weighted by molar-refractivity contribution is 7.81. The largest absolute Gasteiger partial charge is 0.334 e. The monoisotopic (exact) mass is 408 g/mol. The number of rotatable bonds is 2. The molecule has 0 fully saturated rings. The van der Waals surface area contributed by atoms with Crippen molar-refractivity contribution in [2.24, 2.45) is 0 Å². The summed E-state index contributed by atoms with van der Waals surface area (Å²) in [5.41, 5.74) is 6.61. The predicted molar refractivity (Wildman–Crippen MR) is 130 cm³/mol. The highest BCUT2D eigenvalue weighted by atomic mass is 32.1. The van der Waals surface area contributed by atoms with Gasteiger partial charge in [0, 0.05) is 25.2 Å². The topological polar surface area (TPSA) is 6.48 Å². The van der Waals surface area contributed by atoms with Crippen LogP contribution >= 0.6 is 24.4 Å². The third-order valence-corrected chi connectivity index (χ3v) is 5.48. The van der Waals surface area contributed by atoms with Gasteiger partial charge in [0.15, 0.2) is 0 Å². The second-order valence-electron chi connectivity index (χ2n) is 5.91. The van der Waals surface area contributed by atoms with Crippen molar-refractivity contribution in [3.05, 3.63) is 82.9 Å². The van der Waals surface area contributed by atoms with E-state index in [2.05, 4.69) is 34.1 Å². The first-order valence-corrected chi connectivity index (χ1v) is 10.6. The molecule has 2 heterocycles. The molecule has 0 atom stereocenters. The van der Waals surface area contributed by atoms with Gasteiger partial charge < -0.3 is 9.80 Å². The van der Waals surface area contributed by atoms with Crippen LogP contribution in [0.15, 0.2) is 71.8 Å². The molecule has 0 saturated carbocycles. The van der Waals surface area contributed by atoms with E-state index in [1.807, 2.05) is 78.2 Å². The Morgan fingerprint density at radius 2 is 0.821 bits per heavy atom. The first-order chi connectivity index (χ1) is 13.6. The van der Waals surface area contributed by atoms with Gasteiger partial charge in [0.2, 0.25) is 0 Å². The Labute approximate surface area is 180 Å². The number of likely N-dealkylation sites (N-methyl/N-ethyl adjacent to an activating group) is 2. The minimum atomic E-state index is 0.828. The smallest absolute Gasteiger partial charge is 0.116 e. The molecular formula is C24H28N2S2. The van der Waals surface area contributed by atoms with E-state index in [-0.39, 0.29) is 0 Å². The van der Waals surface area contributed by atoms with Crippen LogP contribution in [-0.4, -0.2) is 33.9 Å². The van der Waals surface area contributed by atoms with Crippen molar-refractivity contribution in [3.8, 4) is 0 Å². The van der Waals surface area contributed by atoms with Crippen LogP contribution in [0.1, 0.15) is 38.8 Å². The van der Waals surface area contributed by atoms with Crippen molar-refractivity contribution in [1.82, 2.24) is 9.80 Å². The summed E-state index contributed by atoms with van der Waals surface area (Å²) < 4.78 is 0. The van der Waals surface area contributed by atoms with E-state index in [9.17, 15) is 0 Å². The molecule has 0 spiro atoms. The summed E-state index contributed by atoms with van der Waals surface area (Å²) in [6.45, 7) is 8.00. The van der Waals surface area contributed by atoms with Crippen LogP contribution in [0.25, 0.3) is 11.4 Å². The maximum absolute atomic E-state index is 5.78. The number of hydrogen-bond acceptors (Lipinski definition) is 2. The SMILES string of the molecule is CC.CC.CN1C(=S)C2=C(c3ccccc3)N(C)C(=S)C2=C1c1ccccc1. The fourth-order valence-electron chi connectivity index (χ4n) is 3.40. The molecule has 28 heavy (non-hydrogen) atoms. The fourth-order valence-corrected chi connectivity index (χ4v) is 3.98.